The van der Waals surface area contributed by atoms with Crippen molar-refractivity contribution in [2.75, 3.05) is 5.75 Å². The summed E-state index contributed by atoms with van der Waals surface area (Å²) in [6.45, 7) is 5.43. The van der Waals surface area contributed by atoms with E-state index in [0.29, 0.717) is 10.9 Å². The summed E-state index contributed by atoms with van der Waals surface area (Å²) in [7, 11) is 0. The van der Waals surface area contributed by atoms with E-state index in [9.17, 15) is 4.79 Å². The van der Waals surface area contributed by atoms with Gasteiger partial charge in [0.15, 0.2) is 5.16 Å². The minimum atomic E-state index is -0.915. The van der Waals surface area contributed by atoms with Crippen molar-refractivity contribution < 1.29 is 0 Å². The van der Waals surface area contributed by atoms with Gasteiger partial charge in [-0.1, -0.05) is 11.8 Å². The SMILES string of the molecule is CC(C)n1c(SCC(C)(N)C#N)n[nH]c1=O. The van der Waals surface area contributed by atoms with Crippen molar-refractivity contribution in [1.29, 1.82) is 5.26 Å². The fourth-order valence-corrected chi connectivity index (χ4v) is 2.13. The standard InChI is InChI=1S/C9H15N5OS/c1-6(2)14-7(15)12-13-8(14)16-5-9(3,11)4-10/h6H,5,11H2,1-3H3,(H,12,15). The lowest BCUT2D eigenvalue weighted by atomic mass is 10.1. The third-order valence-electron chi connectivity index (χ3n) is 1.94. The van der Waals surface area contributed by atoms with E-state index in [0.717, 1.165) is 0 Å². The van der Waals surface area contributed by atoms with E-state index in [1.54, 1.807) is 6.92 Å². The van der Waals surface area contributed by atoms with Crippen LogP contribution in [-0.4, -0.2) is 26.1 Å². The zero-order valence-corrected chi connectivity index (χ0v) is 10.3. The van der Waals surface area contributed by atoms with Crippen molar-refractivity contribution in [3.05, 3.63) is 10.5 Å². The molecule has 3 N–H and O–H groups in total. The predicted octanol–water partition coefficient (Wildman–Crippen LogP) is 0.485. The molecule has 1 aromatic heterocycles. The Balaban J connectivity index is 2.84. The van der Waals surface area contributed by atoms with Gasteiger partial charge in [0.1, 0.15) is 5.54 Å². The molecular formula is C9H15N5OS. The number of hydrogen-bond donors (Lipinski definition) is 2. The summed E-state index contributed by atoms with van der Waals surface area (Å²) in [4.78, 5) is 11.4. The highest BCUT2D eigenvalue weighted by Gasteiger charge is 2.20. The van der Waals surface area contributed by atoms with Crippen LogP contribution in [0.5, 0.6) is 0 Å². The van der Waals surface area contributed by atoms with Gasteiger partial charge in [0, 0.05) is 11.8 Å². The molecule has 0 saturated carbocycles. The van der Waals surface area contributed by atoms with Crippen LogP contribution in [0.25, 0.3) is 0 Å². The van der Waals surface area contributed by atoms with Crippen molar-refractivity contribution in [1.82, 2.24) is 14.8 Å². The first kappa shape index (κ1) is 12.8. The van der Waals surface area contributed by atoms with Gasteiger partial charge in [-0.05, 0) is 20.8 Å². The van der Waals surface area contributed by atoms with Crippen LogP contribution in [-0.2, 0) is 0 Å². The van der Waals surface area contributed by atoms with E-state index in [-0.39, 0.29) is 11.7 Å². The molecule has 0 spiro atoms. The Morgan fingerprint density at radius 2 is 2.38 bits per heavy atom. The summed E-state index contributed by atoms with van der Waals surface area (Å²) >= 11 is 1.30. The molecule has 1 heterocycles. The number of nitrogens with zero attached hydrogens (tertiary/aromatic N) is 3. The van der Waals surface area contributed by atoms with Gasteiger partial charge in [0.25, 0.3) is 0 Å². The molecule has 0 amide bonds. The van der Waals surface area contributed by atoms with Crippen molar-refractivity contribution in [3.8, 4) is 6.07 Å². The third-order valence-corrected chi connectivity index (χ3v) is 3.24. The molecule has 0 bridgehead atoms. The second-order valence-corrected chi connectivity index (χ2v) is 5.04. The molecule has 1 unspecified atom stereocenters. The summed E-state index contributed by atoms with van der Waals surface area (Å²) in [6.07, 6.45) is 0. The molecule has 0 saturated heterocycles. The average Bonchev–Trinajstić information content (AvgIpc) is 2.57. The van der Waals surface area contributed by atoms with Crippen molar-refractivity contribution in [2.24, 2.45) is 5.73 Å². The van der Waals surface area contributed by atoms with Gasteiger partial charge in [0.05, 0.1) is 6.07 Å². The number of nitriles is 1. The van der Waals surface area contributed by atoms with E-state index in [1.807, 2.05) is 19.9 Å². The molecule has 0 fully saturated rings. The third kappa shape index (κ3) is 2.87. The van der Waals surface area contributed by atoms with Crippen LogP contribution in [0, 0.1) is 11.3 Å². The van der Waals surface area contributed by atoms with E-state index in [1.165, 1.54) is 16.3 Å². The Hall–Kier alpha value is -1.26. The van der Waals surface area contributed by atoms with Crippen LogP contribution in [0.15, 0.2) is 9.95 Å². The van der Waals surface area contributed by atoms with Crippen LogP contribution in [0.2, 0.25) is 0 Å². The highest BCUT2D eigenvalue weighted by atomic mass is 32.2. The second-order valence-electron chi connectivity index (χ2n) is 4.09. The summed E-state index contributed by atoms with van der Waals surface area (Å²) in [5, 5.41) is 15.6. The highest BCUT2D eigenvalue weighted by molar-refractivity contribution is 7.99. The minimum Gasteiger partial charge on any atom is -0.313 e. The molecule has 0 radical (unpaired) electrons. The Morgan fingerprint density at radius 3 is 2.88 bits per heavy atom. The molecule has 0 aliphatic heterocycles. The first-order valence-corrected chi connectivity index (χ1v) is 5.86. The van der Waals surface area contributed by atoms with E-state index < -0.39 is 5.54 Å². The van der Waals surface area contributed by atoms with Gasteiger partial charge in [0.2, 0.25) is 0 Å². The first-order chi connectivity index (χ1) is 7.37. The fraction of sp³-hybridized carbons (Fsp3) is 0.667. The quantitative estimate of drug-likeness (QED) is 0.747. The van der Waals surface area contributed by atoms with Crippen molar-refractivity contribution in [3.63, 3.8) is 0 Å². The molecule has 6 nitrogen and oxygen atoms in total. The summed E-state index contributed by atoms with van der Waals surface area (Å²) in [6, 6.07) is 2.03. The maximum atomic E-state index is 11.4. The Bertz CT molecular complexity index is 453. The molecule has 7 heteroatoms. The number of aromatic amines is 1. The molecule has 0 aromatic carbocycles. The van der Waals surface area contributed by atoms with Gasteiger partial charge in [-0.25, -0.2) is 9.89 Å². The van der Waals surface area contributed by atoms with Gasteiger partial charge in [-0.15, -0.1) is 5.10 Å². The zero-order valence-electron chi connectivity index (χ0n) is 9.52. The Kier molecular flexibility index (Phi) is 3.78. The topological polar surface area (TPSA) is 100 Å². The highest BCUT2D eigenvalue weighted by Crippen LogP contribution is 2.20. The summed E-state index contributed by atoms with van der Waals surface area (Å²) in [5.74, 6) is 0.389. The monoisotopic (exact) mass is 241 g/mol. The molecule has 1 rings (SSSR count). The number of rotatable bonds is 4. The number of hydrogen-bond acceptors (Lipinski definition) is 5. The number of aromatic nitrogens is 3. The summed E-state index contributed by atoms with van der Waals surface area (Å²) in [5.41, 5.74) is 4.53. The lowest BCUT2D eigenvalue weighted by Gasteiger charge is -2.14. The maximum absolute atomic E-state index is 11.4. The number of H-pyrrole nitrogens is 1. The molecule has 1 aromatic rings. The Morgan fingerprint density at radius 1 is 1.75 bits per heavy atom. The fourth-order valence-electron chi connectivity index (χ4n) is 1.09. The van der Waals surface area contributed by atoms with Crippen molar-refractivity contribution >= 4 is 11.8 Å². The molecule has 1 atom stereocenters. The van der Waals surface area contributed by atoms with Gasteiger partial charge < -0.3 is 5.73 Å². The Labute approximate surface area is 97.8 Å². The second kappa shape index (κ2) is 4.72. The number of nitrogens with one attached hydrogen (secondary N) is 1. The normalized spacial score (nSPS) is 14.8. The maximum Gasteiger partial charge on any atom is 0.344 e. The van der Waals surface area contributed by atoms with Crippen LogP contribution in [0.3, 0.4) is 0 Å². The lowest BCUT2D eigenvalue weighted by Crippen LogP contribution is -2.37. The molecule has 16 heavy (non-hydrogen) atoms. The van der Waals surface area contributed by atoms with E-state index >= 15 is 0 Å². The van der Waals surface area contributed by atoms with Crippen LogP contribution >= 0.6 is 11.8 Å². The average molecular weight is 241 g/mol. The van der Waals surface area contributed by atoms with Crippen LogP contribution in [0.1, 0.15) is 26.8 Å². The number of nitrogens with two attached hydrogens (primary N) is 1. The predicted molar refractivity (Wildman–Crippen MR) is 62.2 cm³/mol. The molecule has 0 aliphatic carbocycles. The zero-order chi connectivity index (χ0) is 12.3. The van der Waals surface area contributed by atoms with E-state index in [2.05, 4.69) is 10.2 Å². The van der Waals surface area contributed by atoms with E-state index in [4.69, 9.17) is 11.0 Å². The van der Waals surface area contributed by atoms with Gasteiger partial charge >= 0.3 is 5.69 Å². The number of thioether (sulfide) groups is 1. The van der Waals surface area contributed by atoms with Gasteiger partial charge in [-0.2, -0.15) is 5.26 Å². The molecular weight excluding hydrogens is 226 g/mol. The lowest BCUT2D eigenvalue weighted by molar-refractivity contribution is 0.533. The van der Waals surface area contributed by atoms with Crippen LogP contribution < -0.4 is 11.4 Å². The minimum absolute atomic E-state index is 0.0277. The molecule has 0 aliphatic rings. The largest absolute Gasteiger partial charge is 0.344 e. The molecule has 88 valence electrons. The van der Waals surface area contributed by atoms with Crippen LogP contribution in [0.4, 0.5) is 0 Å². The smallest absolute Gasteiger partial charge is 0.313 e. The van der Waals surface area contributed by atoms with Gasteiger partial charge in [-0.3, -0.25) is 4.57 Å². The first-order valence-electron chi connectivity index (χ1n) is 4.87. The summed E-state index contributed by atoms with van der Waals surface area (Å²) < 4.78 is 1.54. The van der Waals surface area contributed by atoms with Crippen molar-refractivity contribution in [2.45, 2.75) is 37.5 Å².